The molecular weight excluding hydrogens is 574 g/mol. The van der Waals surface area contributed by atoms with Crippen LogP contribution in [0, 0.1) is 6.92 Å². The number of nitrogens with one attached hydrogen (secondary N) is 1. The van der Waals surface area contributed by atoms with Crippen LogP contribution in [0.25, 0.3) is 0 Å². The van der Waals surface area contributed by atoms with E-state index in [4.69, 9.17) is 16.3 Å². The Hall–Kier alpha value is -3.56. The number of aryl methyl sites for hydroxylation is 1. The predicted molar refractivity (Wildman–Crippen MR) is 165 cm³/mol. The van der Waals surface area contributed by atoms with Crippen LogP contribution in [0.2, 0.25) is 5.02 Å². The third-order valence-corrected chi connectivity index (χ3v) is 9.82. The second-order valence-electron chi connectivity index (χ2n) is 10.7. The Bertz CT molecular complexity index is 1470. The number of ether oxygens (including phenoxy) is 1. The van der Waals surface area contributed by atoms with Crippen molar-refractivity contribution >= 4 is 39.1 Å². The molecule has 1 aliphatic carbocycles. The number of carbonyl (C=O) groups is 2. The Kier molecular flexibility index (Phi) is 10.5. The highest BCUT2D eigenvalue weighted by Crippen LogP contribution is 2.27. The van der Waals surface area contributed by atoms with Gasteiger partial charge in [0.15, 0.2) is 0 Å². The SMILES string of the molecule is COc1ccc(S(=O)(=O)N(CC(=O)N(Cc2ccccc2Cl)[C@H](C)C(=O)NC2CCCCC2)c2ccc(C)cc2)cc1. The summed E-state index contributed by atoms with van der Waals surface area (Å²) in [6, 6.07) is 19.2. The Morgan fingerprint density at radius 1 is 0.976 bits per heavy atom. The Labute approximate surface area is 253 Å². The zero-order valence-corrected chi connectivity index (χ0v) is 25.8. The van der Waals surface area contributed by atoms with E-state index in [-0.39, 0.29) is 23.4 Å². The third kappa shape index (κ3) is 7.63. The van der Waals surface area contributed by atoms with Gasteiger partial charge in [-0.25, -0.2) is 8.42 Å². The molecule has 224 valence electrons. The Morgan fingerprint density at radius 2 is 1.62 bits per heavy atom. The van der Waals surface area contributed by atoms with Crippen LogP contribution in [0.15, 0.2) is 77.7 Å². The first kappa shape index (κ1) is 31.4. The van der Waals surface area contributed by atoms with E-state index in [9.17, 15) is 18.0 Å². The lowest BCUT2D eigenvalue weighted by atomic mass is 9.95. The molecule has 1 N–H and O–H groups in total. The van der Waals surface area contributed by atoms with E-state index in [1.54, 1.807) is 61.5 Å². The Morgan fingerprint density at radius 3 is 2.24 bits per heavy atom. The molecule has 42 heavy (non-hydrogen) atoms. The molecule has 4 rings (SSSR count). The van der Waals surface area contributed by atoms with Crippen molar-refractivity contribution in [3.8, 4) is 5.75 Å². The molecule has 0 aliphatic heterocycles. The van der Waals surface area contributed by atoms with Gasteiger partial charge in [-0.05, 0) is 74.7 Å². The van der Waals surface area contributed by atoms with E-state index in [2.05, 4.69) is 5.32 Å². The first-order valence-corrected chi connectivity index (χ1v) is 16.0. The van der Waals surface area contributed by atoms with Gasteiger partial charge in [-0.2, -0.15) is 0 Å². The number of carbonyl (C=O) groups excluding carboxylic acids is 2. The maximum absolute atomic E-state index is 14.1. The summed E-state index contributed by atoms with van der Waals surface area (Å²) in [6.07, 6.45) is 5.06. The lowest BCUT2D eigenvalue weighted by Crippen LogP contribution is -2.53. The average molecular weight is 612 g/mol. The lowest BCUT2D eigenvalue weighted by Gasteiger charge is -2.33. The fourth-order valence-corrected chi connectivity index (χ4v) is 6.69. The molecule has 3 aromatic carbocycles. The van der Waals surface area contributed by atoms with Gasteiger partial charge >= 0.3 is 0 Å². The van der Waals surface area contributed by atoms with Crippen LogP contribution < -0.4 is 14.4 Å². The van der Waals surface area contributed by atoms with E-state index in [1.165, 1.54) is 24.1 Å². The highest BCUT2D eigenvalue weighted by atomic mass is 35.5. The monoisotopic (exact) mass is 611 g/mol. The summed E-state index contributed by atoms with van der Waals surface area (Å²) in [7, 11) is -2.67. The number of hydrogen-bond acceptors (Lipinski definition) is 5. The van der Waals surface area contributed by atoms with Gasteiger partial charge in [-0.1, -0.05) is 66.8 Å². The van der Waals surface area contributed by atoms with Gasteiger partial charge in [0, 0.05) is 17.6 Å². The van der Waals surface area contributed by atoms with Gasteiger partial charge in [0.2, 0.25) is 11.8 Å². The van der Waals surface area contributed by atoms with Crippen LogP contribution in [0.4, 0.5) is 5.69 Å². The van der Waals surface area contributed by atoms with Crippen LogP contribution in [0.3, 0.4) is 0 Å². The van der Waals surface area contributed by atoms with E-state index in [1.807, 2.05) is 13.0 Å². The molecule has 2 amide bonds. The summed E-state index contributed by atoms with van der Waals surface area (Å²) < 4.78 is 34.2. The van der Waals surface area contributed by atoms with Gasteiger partial charge in [0.1, 0.15) is 18.3 Å². The van der Waals surface area contributed by atoms with Crippen LogP contribution >= 0.6 is 11.6 Å². The molecule has 0 spiro atoms. The van der Waals surface area contributed by atoms with Crippen LogP contribution in [-0.2, 0) is 26.2 Å². The largest absolute Gasteiger partial charge is 0.497 e. The molecule has 0 radical (unpaired) electrons. The summed E-state index contributed by atoms with van der Waals surface area (Å²) in [5.74, 6) is -0.295. The first-order chi connectivity index (χ1) is 20.1. The number of nitrogens with zero attached hydrogens (tertiary/aromatic N) is 2. The fraction of sp³-hybridized carbons (Fsp3) is 0.375. The molecule has 1 saturated carbocycles. The highest BCUT2D eigenvalue weighted by Gasteiger charge is 2.33. The molecule has 8 nitrogen and oxygen atoms in total. The molecule has 0 bridgehead atoms. The van der Waals surface area contributed by atoms with Crippen molar-refractivity contribution in [2.24, 2.45) is 0 Å². The molecule has 1 atom stereocenters. The van der Waals surface area contributed by atoms with E-state index in [0.717, 1.165) is 42.0 Å². The van der Waals surface area contributed by atoms with E-state index >= 15 is 0 Å². The van der Waals surface area contributed by atoms with Crippen molar-refractivity contribution in [2.75, 3.05) is 18.0 Å². The van der Waals surface area contributed by atoms with Gasteiger partial charge < -0.3 is 15.0 Å². The van der Waals surface area contributed by atoms with Crippen LogP contribution in [0.1, 0.15) is 50.2 Å². The molecule has 0 aromatic heterocycles. The molecule has 0 unspecified atom stereocenters. The predicted octanol–water partition coefficient (Wildman–Crippen LogP) is 5.72. The van der Waals surface area contributed by atoms with Crippen molar-refractivity contribution in [2.45, 2.75) is 69.5 Å². The summed E-state index contributed by atoms with van der Waals surface area (Å²) in [5, 5.41) is 3.56. The van der Waals surface area contributed by atoms with Crippen molar-refractivity contribution in [3.63, 3.8) is 0 Å². The van der Waals surface area contributed by atoms with Gasteiger partial charge in [0.25, 0.3) is 10.0 Å². The second-order valence-corrected chi connectivity index (χ2v) is 12.9. The highest BCUT2D eigenvalue weighted by molar-refractivity contribution is 7.92. The summed E-state index contributed by atoms with van der Waals surface area (Å²) >= 11 is 6.45. The van der Waals surface area contributed by atoms with Crippen molar-refractivity contribution in [1.82, 2.24) is 10.2 Å². The van der Waals surface area contributed by atoms with Gasteiger partial charge in [-0.3, -0.25) is 13.9 Å². The molecule has 3 aromatic rings. The number of halogens is 1. The summed E-state index contributed by atoms with van der Waals surface area (Å²) in [5.41, 5.74) is 1.94. The summed E-state index contributed by atoms with van der Waals surface area (Å²) in [4.78, 5) is 28.9. The molecular formula is C32H38ClN3O5S. The normalized spacial score (nSPS) is 14.6. The van der Waals surface area contributed by atoms with Gasteiger partial charge in [0.05, 0.1) is 17.7 Å². The van der Waals surface area contributed by atoms with Crippen LogP contribution in [0.5, 0.6) is 5.75 Å². The molecule has 0 saturated heterocycles. The number of sulfonamides is 1. The van der Waals surface area contributed by atoms with E-state index in [0.29, 0.717) is 22.0 Å². The van der Waals surface area contributed by atoms with Crippen LogP contribution in [-0.4, -0.2) is 50.9 Å². The number of rotatable bonds is 11. The minimum Gasteiger partial charge on any atom is -0.497 e. The van der Waals surface area contributed by atoms with Crippen molar-refractivity contribution in [3.05, 3.63) is 88.9 Å². The smallest absolute Gasteiger partial charge is 0.264 e. The zero-order valence-electron chi connectivity index (χ0n) is 24.3. The third-order valence-electron chi connectivity index (χ3n) is 7.67. The molecule has 0 heterocycles. The number of hydrogen-bond donors (Lipinski definition) is 1. The topological polar surface area (TPSA) is 96.0 Å². The van der Waals surface area contributed by atoms with E-state index < -0.39 is 28.5 Å². The number of amides is 2. The van der Waals surface area contributed by atoms with Crippen molar-refractivity contribution in [1.29, 1.82) is 0 Å². The zero-order chi connectivity index (χ0) is 30.3. The molecule has 1 aliphatic rings. The maximum atomic E-state index is 14.1. The standard InChI is InChI=1S/C32H38ClN3O5S/c1-23-13-15-27(16-14-23)36(42(39,40)29-19-17-28(41-3)18-20-29)22-31(37)35(21-25-9-7-8-12-30(25)33)24(2)32(38)34-26-10-5-4-6-11-26/h7-9,12-20,24,26H,4-6,10-11,21-22H2,1-3H3,(H,34,38)/t24-/m1/s1. The minimum atomic E-state index is -4.17. The Balaban J connectivity index is 1.68. The minimum absolute atomic E-state index is 0.0115. The average Bonchev–Trinajstić information content (AvgIpc) is 3.00. The number of benzene rings is 3. The summed E-state index contributed by atoms with van der Waals surface area (Å²) in [6.45, 7) is 3.10. The fourth-order valence-electron chi connectivity index (χ4n) is 5.08. The number of anilines is 1. The lowest BCUT2D eigenvalue weighted by molar-refractivity contribution is -0.139. The van der Waals surface area contributed by atoms with Gasteiger partial charge in [-0.15, -0.1) is 0 Å². The second kappa shape index (κ2) is 14.1. The first-order valence-electron chi connectivity index (χ1n) is 14.2. The molecule has 1 fully saturated rings. The molecule has 10 heteroatoms. The quantitative estimate of drug-likeness (QED) is 0.299. The van der Waals surface area contributed by atoms with Crippen molar-refractivity contribution < 1.29 is 22.7 Å². The maximum Gasteiger partial charge on any atom is 0.264 e. The number of methoxy groups -OCH3 is 1.